The average molecular weight is 335 g/mol. The summed E-state index contributed by atoms with van der Waals surface area (Å²) in [6.45, 7) is 2.76. The van der Waals surface area contributed by atoms with Crippen molar-refractivity contribution in [1.29, 1.82) is 0 Å². The van der Waals surface area contributed by atoms with Crippen molar-refractivity contribution >= 4 is 0 Å². The molecule has 0 amide bonds. The molecule has 2 N–H and O–H groups in total. The number of nitrogens with zero attached hydrogens (tertiary/aromatic N) is 2. The highest BCUT2D eigenvalue weighted by Gasteiger charge is 2.27. The van der Waals surface area contributed by atoms with Gasteiger partial charge in [0, 0.05) is 18.7 Å². The average Bonchev–Trinajstić information content (AvgIpc) is 3.15. The molecule has 5 heteroatoms. The van der Waals surface area contributed by atoms with Gasteiger partial charge in [0.15, 0.2) is 0 Å². The van der Waals surface area contributed by atoms with E-state index in [1.54, 1.807) is 6.07 Å². The summed E-state index contributed by atoms with van der Waals surface area (Å²) in [6.07, 6.45) is 1.87. The van der Waals surface area contributed by atoms with E-state index in [0.29, 0.717) is 25.5 Å². The molecule has 0 spiro atoms. The van der Waals surface area contributed by atoms with Crippen LogP contribution >= 0.6 is 0 Å². The molecule has 1 aliphatic rings. The minimum absolute atomic E-state index is 0.0471. The second kappa shape index (κ2) is 7.09. The van der Waals surface area contributed by atoms with E-state index in [0.717, 1.165) is 29.2 Å². The van der Waals surface area contributed by atoms with Crippen molar-refractivity contribution in [3.8, 4) is 17.0 Å². The Labute approximate surface area is 146 Å². The first-order valence-electron chi connectivity index (χ1n) is 8.50. The Hall–Kier alpha value is -2.63. The maximum Gasteiger partial charge on any atom is 0.126 e. The van der Waals surface area contributed by atoms with Crippen molar-refractivity contribution in [3.05, 3.63) is 72.2 Å². The molecule has 1 fully saturated rings. The Bertz CT molecular complexity index is 832. The fraction of sp³-hybridized carbons (Fsp3) is 0.250. The number of ether oxygens (including phenoxy) is 1. The van der Waals surface area contributed by atoms with E-state index in [1.165, 1.54) is 0 Å². The zero-order chi connectivity index (χ0) is 17.1. The lowest BCUT2D eigenvalue weighted by atomic mass is 10.1. The number of morpholine rings is 1. The molecule has 25 heavy (non-hydrogen) atoms. The zero-order valence-corrected chi connectivity index (χ0v) is 13.9. The highest BCUT2D eigenvalue weighted by molar-refractivity contribution is 5.58. The molecule has 5 nitrogen and oxygen atoms in total. The van der Waals surface area contributed by atoms with Crippen molar-refractivity contribution in [2.75, 3.05) is 19.8 Å². The number of hydrogen-bond donors (Lipinski definition) is 2. The topological polar surface area (TPSA) is 61.4 Å². The van der Waals surface area contributed by atoms with Crippen LogP contribution in [0.25, 0.3) is 11.3 Å². The monoisotopic (exact) mass is 335 g/mol. The number of benzene rings is 2. The number of aromatic amines is 1. The number of phenolic OH excluding ortho intramolecular Hbond substituents is 1. The summed E-state index contributed by atoms with van der Waals surface area (Å²) in [5, 5.41) is 10.1. The molecule has 0 radical (unpaired) electrons. The molecule has 1 atom stereocenters. The maximum atomic E-state index is 10.1. The van der Waals surface area contributed by atoms with Gasteiger partial charge >= 0.3 is 0 Å². The van der Waals surface area contributed by atoms with Gasteiger partial charge in [-0.15, -0.1) is 0 Å². The number of H-pyrrole nitrogens is 1. The van der Waals surface area contributed by atoms with Gasteiger partial charge < -0.3 is 14.8 Å². The van der Waals surface area contributed by atoms with E-state index >= 15 is 0 Å². The molecule has 2 aromatic carbocycles. The minimum atomic E-state index is 0.0471. The molecule has 4 rings (SSSR count). The van der Waals surface area contributed by atoms with Crippen LogP contribution in [0.3, 0.4) is 0 Å². The fourth-order valence-electron chi connectivity index (χ4n) is 3.21. The molecular weight excluding hydrogens is 314 g/mol. The Kier molecular flexibility index (Phi) is 4.50. The fourth-order valence-corrected chi connectivity index (χ4v) is 3.21. The molecule has 3 aromatic rings. The van der Waals surface area contributed by atoms with Gasteiger partial charge in [0.2, 0.25) is 0 Å². The van der Waals surface area contributed by atoms with Crippen molar-refractivity contribution in [2.24, 2.45) is 0 Å². The van der Waals surface area contributed by atoms with Gasteiger partial charge in [-0.05, 0) is 11.6 Å². The molecule has 0 saturated carbocycles. The van der Waals surface area contributed by atoms with E-state index in [9.17, 15) is 5.11 Å². The lowest BCUT2D eigenvalue weighted by Gasteiger charge is -2.34. The smallest absolute Gasteiger partial charge is 0.126 e. The Balaban J connectivity index is 1.57. The van der Waals surface area contributed by atoms with E-state index in [1.807, 2.05) is 42.6 Å². The third-order valence-corrected chi connectivity index (χ3v) is 4.60. The summed E-state index contributed by atoms with van der Waals surface area (Å²) in [5.41, 5.74) is 3.04. The summed E-state index contributed by atoms with van der Waals surface area (Å²) in [4.78, 5) is 10.3. The van der Waals surface area contributed by atoms with Crippen LogP contribution in [-0.2, 0) is 11.3 Å². The Morgan fingerprint density at radius 2 is 1.92 bits per heavy atom. The molecule has 2 heterocycles. The first kappa shape index (κ1) is 15.9. The third-order valence-electron chi connectivity index (χ3n) is 4.60. The second-order valence-corrected chi connectivity index (χ2v) is 6.24. The van der Waals surface area contributed by atoms with Gasteiger partial charge in [0.1, 0.15) is 11.6 Å². The second-order valence-electron chi connectivity index (χ2n) is 6.24. The molecular formula is C20H21N3O2. The number of aromatic nitrogens is 2. The number of phenols is 1. The van der Waals surface area contributed by atoms with Gasteiger partial charge in [0.05, 0.1) is 31.1 Å². The predicted octanol–water partition coefficient (Wildman–Crippen LogP) is 3.36. The third kappa shape index (κ3) is 3.43. The summed E-state index contributed by atoms with van der Waals surface area (Å²) < 4.78 is 5.69. The lowest BCUT2D eigenvalue weighted by Crippen LogP contribution is -2.39. The lowest BCUT2D eigenvalue weighted by molar-refractivity contribution is -0.0158. The summed E-state index contributed by atoms with van der Waals surface area (Å²) in [6, 6.07) is 17.7. The van der Waals surface area contributed by atoms with Crippen molar-refractivity contribution in [1.82, 2.24) is 14.9 Å². The summed E-state index contributed by atoms with van der Waals surface area (Å²) in [7, 11) is 0. The SMILES string of the molecule is Oc1ccccc1CN1CCOCC1c1ncc(-c2ccccc2)[nH]1. The normalized spacial score (nSPS) is 18.3. The van der Waals surface area contributed by atoms with Gasteiger partial charge in [-0.2, -0.15) is 0 Å². The molecule has 1 aliphatic heterocycles. The largest absolute Gasteiger partial charge is 0.508 e. The maximum absolute atomic E-state index is 10.1. The summed E-state index contributed by atoms with van der Waals surface area (Å²) in [5.74, 6) is 1.23. The number of para-hydroxylation sites is 1. The Morgan fingerprint density at radius 3 is 2.76 bits per heavy atom. The van der Waals surface area contributed by atoms with Crippen LogP contribution in [0.2, 0.25) is 0 Å². The molecule has 1 aromatic heterocycles. The van der Waals surface area contributed by atoms with E-state index in [4.69, 9.17) is 4.74 Å². The zero-order valence-electron chi connectivity index (χ0n) is 13.9. The first-order chi connectivity index (χ1) is 12.3. The standard InChI is InChI=1S/C20H21N3O2/c24-19-9-5-4-8-16(19)13-23-10-11-25-14-18(23)20-21-12-17(22-20)15-6-2-1-3-7-15/h1-9,12,18,24H,10-11,13-14H2,(H,21,22). The number of imidazole rings is 1. The quantitative estimate of drug-likeness (QED) is 0.767. The molecule has 0 bridgehead atoms. The number of aromatic hydroxyl groups is 1. The van der Waals surface area contributed by atoms with Crippen LogP contribution < -0.4 is 0 Å². The van der Waals surface area contributed by atoms with E-state index in [2.05, 4.69) is 27.0 Å². The molecule has 128 valence electrons. The summed E-state index contributed by atoms with van der Waals surface area (Å²) >= 11 is 0. The molecule has 1 unspecified atom stereocenters. The van der Waals surface area contributed by atoms with Gasteiger partial charge in [-0.25, -0.2) is 4.98 Å². The van der Waals surface area contributed by atoms with Crippen molar-refractivity contribution in [2.45, 2.75) is 12.6 Å². The predicted molar refractivity (Wildman–Crippen MR) is 96.1 cm³/mol. The van der Waals surface area contributed by atoms with Crippen LogP contribution in [0, 0.1) is 0 Å². The van der Waals surface area contributed by atoms with Crippen LogP contribution in [0.4, 0.5) is 0 Å². The van der Waals surface area contributed by atoms with Crippen molar-refractivity contribution < 1.29 is 9.84 Å². The molecule has 1 saturated heterocycles. The van der Waals surface area contributed by atoms with E-state index in [-0.39, 0.29) is 6.04 Å². The van der Waals surface area contributed by atoms with Crippen LogP contribution in [0.5, 0.6) is 5.75 Å². The number of rotatable bonds is 4. The van der Waals surface area contributed by atoms with Crippen molar-refractivity contribution in [3.63, 3.8) is 0 Å². The van der Waals surface area contributed by atoms with E-state index < -0.39 is 0 Å². The first-order valence-corrected chi connectivity index (χ1v) is 8.50. The van der Waals surface area contributed by atoms with Gasteiger partial charge in [-0.3, -0.25) is 4.90 Å². The minimum Gasteiger partial charge on any atom is -0.508 e. The van der Waals surface area contributed by atoms with Crippen LogP contribution in [0.15, 0.2) is 60.8 Å². The van der Waals surface area contributed by atoms with Crippen LogP contribution in [0.1, 0.15) is 17.4 Å². The van der Waals surface area contributed by atoms with Gasteiger partial charge in [-0.1, -0.05) is 48.5 Å². The Morgan fingerprint density at radius 1 is 1.12 bits per heavy atom. The number of hydrogen-bond acceptors (Lipinski definition) is 4. The molecule has 0 aliphatic carbocycles. The van der Waals surface area contributed by atoms with Gasteiger partial charge in [0.25, 0.3) is 0 Å². The highest BCUT2D eigenvalue weighted by atomic mass is 16.5. The van der Waals surface area contributed by atoms with Crippen LogP contribution in [-0.4, -0.2) is 39.7 Å². The highest BCUT2D eigenvalue weighted by Crippen LogP contribution is 2.28. The number of nitrogens with one attached hydrogen (secondary N) is 1.